The highest BCUT2D eigenvalue weighted by Crippen LogP contribution is 2.28. The van der Waals surface area contributed by atoms with Crippen LogP contribution in [0.1, 0.15) is 41.6 Å². The van der Waals surface area contributed by atoms with Crippen LogP contribution in [0.5, 0.6) is 0 Å². The Morgan fingerprint density at radius 3 is 2.13 bits per heavy atom. The second-order valence-corrected chi connectivity index (χ2v) is 9.49. The summed E-state index contributed by atoms with van der Waals surface area (Å²) in [7, 11) is 0. The third kappa shape index (κ3) is 5.12. The molecule has 0 spiro atoms. The predicted octanol–water partition coefficient (Wildman–Crippen LogP) is 4.96. The third-order valence-corrected chi connectivity index (χ3v) is 7.13. The quantitative estimate of drug-likeness (QED) is 0.582. The molecular formula is C25H29BrN2O2. The van der Waals surface area contributed by atoms with Gasteiger partial charge in [-0.1, -0.05) is 28.1 Å². The van der Waals surface area contributed by atoms with E-state index in [2.05, 4.69) is 50.0 Å². The lowest BCUT2D eigenvalue weighted by molar-refractivity contribution is -0.137. The molecule has 2 aromatic carbocycles. The molecule has 30 heavy (non-hydrogen) atoms. The van der Waals surface area contributed by atoms with Crippen molar-refractivity contribution in [1.29, 1.82) is 0 Å². The summed E-state index contributed by atoms with van der Waals surface area (Å²) < 4.78 is 1.12. The van der Waals surface area contributed by atoms with Crippen LogP contribution in [0, 0.1) is 11.8 Å². The molecule has 1 amide bonds. The van der Waals surface area contributed by atoms with Crippen LogP contribution in [0.2, 0.25) is 0 Å². The summed E-state index contributed by atoms with van der Waals surface area (Å²) in [5.41, 5.74) is 3.23. The maximum atomic E-state index is 13.0. The Morgan fingerprint density at radius 1 is 0.900 bits per heavy atom. The molecule has 0 aliphatic carbocycles. The van der Waals surface area contributed by atoms with Crippen LogP contribution >= 0.6 is 15.9 Å². The zero-order chi connectivity index (χ0) is 20.9. The van der Waals surface area contributed by atoms with E-state index in [4.69, 9.17) is 0 Å². The molecule has 4 rings (SSSR count). The Balaban J connectivity index is 1.23. The van der Waals surface area contributed by atoms with Gasteiger partial charge in [0.1, 0.15) is 6.29 Å². The van der Waals surface area contributed by atoms with Crippen molar-refractivity contribution < 1.29 is 9.59 Å². The third-order valence-electron chi connectivity index (χ3n) is 6.60. The van der Waals surface area contributed by atoms with Gasteiger partial charge in [0.2, 0.25) is 5.91 Å². The van der Waals surface area contributed by atoms with Crippen LogP contribution in [0.25, 0.3) is 0 Å². The Labute approximate surface area is 187 Å². The van der Waals surface area contributed by atoms with Gasteiger partial charge in [0.15, 0.2) is 0 Å². The maximum Gasteiger partial charge on any atom is 0.225 e. The average molecular weight is 469 g/mol. The van der Waals surface area contributed by atoms with E-state index in [1.807, 2.05) is 24.3 Å². The highest BCUT2D eigenvalue weighted by molar-refractivity contribution is 9.10. The molecule has 0 unspecified atom stereocenters. The fourth-order valence-electron chi connectivity index (χ4n) is 4.72. The minimum Gasteiger partial charge on any atom is -0.371 e. The minimum atomic E-state index is 0.151. The second kappa shape index (κ2) is 9.78. The molecule has 0 N–H and O–H groups in total. The monoisotopic (exact) mass is 468 g/mol. The summed E-state index contributed by atoms with van der Waals surface area (Å²) in [6, 6.07) is 16.3. The van der Waals surface area contributed by atoms with Gasteiger partial charge in [-0.15, -0.1) is 0 Å². The van der Waals surface area contributed by atoms with Crippen molar-refractivity contribution in [2.24, 2.45) is 11.8 Å². The van der Waals surface area contributed by atoms with E-state index in [-0.39, 0.29) is 5.92 Å². The van der Waals surface area contributed by atoms with Gasteiger partial charge in [0.25, 0.3) is 0 Å². The molecule has 2 aliphatic heterocycles. The van der Waals surface area contributed by atoms with Crippen LogP contribution in [0.4, 0.5) is 5.69 Å². The van der Waals surface area contributed by atoms with Gasteiger partial charge in [-0.25, -0.2) is 0 Å². The number of carbonyl (C=O) groups excluding carboxylic acids is 2. The summed E-state index contributed by atoms with van der Waals surface area (Å²) in [4.78, 5) is 28.3. The van der Waals surface area contributed by atoms with Crippen LogP contribution in [-0.2, 0) is 11.2 Å². The Morgan fingerprint density at radius 2 is 1.53 bits per heavy atom. The molecule has 4 nitrogen and oxygen atoms in total. The average Bonchev–Trinajstić information content (AvgIpc) is 2.81. The molecular weight excluding hydrogens is 440 g/mol. The molecule has 0 saturated carbocycles. The van der Waals surface area contributed by atoms with E-state index in [1.165, 1.54) is 5.56 Å². The number of carbonyl (C=O) groups is 2. The van der Waals surface area contributed by atoms with Gasteiger partial charge in [-0.2, -0.15) is 0 Å². The highest BCUT2D eigenvalue weighted by atomic mass is 79.9. The first-order valence-electron chi connectivity index (χ1n) is 11.0. The number of likely N-dealkylation sites (tertiary alicyclic amines) is 1. The fourth-order valence-corrected chi connectivity index (χ4v) is 4.98. The van der Waals surface area contributed by atoms with Crippen molar-refractivity contribution >= 4 is 33.8 Å². The van der Waals surface area contributed by atoms with Gasteiger partial charge < -0.3 is 9.80 Å². The molecule has 2 heterocycles. The van der Waals surface area contributed by atoms with Crippen molar-refractivity contribution in [1.82, 2.24) is 4.90 Å². The zero-order valence-electron chi connectivity index (χ0n) is 17.3. The van der Waals surface area contributed by atoms with Crippen LogP contribution in [-0.4, -0.2) is 43.3 Å². The maximum absolute atomic E-state index is 13.0. The van der Waals surface area contributed by atoms with Gasteiger partial charge in [0.05, 0.1) is 0 Å². The minimum absolute atomic E-state index is 0.151. The summed E-state index contributed by atoms with van der Waals surface area (Å²) in [5, 5.41) is 0. The molecule has 0 aromatic heterocycles. The molecule has 2 aliphatic rings. The first kappa shape index (κ1) is 21.1. The Bertz CT molecular complexity index is 850. The number of aldehydes is 1. The van der Waals surface area contributed by atoms with Crippen molar-refractivity contribution in [2.75, 3.05) is 31.1 Å². The number of amides is 1. The number of halogens is 1. The van der Waals surface area contributed by atoms with Crippen molar-refractivity contribution in [3.8, 4) is 0 Å². The van der Waals surface area contributed by atoms with Crippen molar-refractivity contribution in [3.05, 3.63) is 64.1 Å². The first-order valence-corrected chi connectivity index (χ1v) is 11.7. The number of nitrogens with zero attached hydrogens (tertiary/aromatic N) is 2. The Hall–Kier alpha value is -2.14. The van der Waals surface area contributed by atoms with Crippen LogP contribution in [0.3, 0.4) is 0 Å². The van der Waals surface area contributed by atoms with Gasteiger partial charge >= 0.3 is 0 Å². The van der Waals surface area contributed by atoms with E-state index in [9.17, 15) is 9.59 Å². The van der Waals surface area contributed by atoms with Crippen molar-refractivity contribution in [2.45, 2.75) is 32.1 Å². The summed E-state index contributed by atoms with van der Waals surface area (Å²) in [6.07, 6.45) is 6.00. The summed E-state index contributed by atoms with van der Waals surface area (Å²) in [6.45, 7) is 3.59. The summed E-state index contributed by atoms with van der Waals surface area (Å²) in [5.74, 6) is 1.18. The van der Waals surface area contributed by atoms with E-state index < -0.39 is 0 Å². The number of piperidine rings is 2. The van der Waals surface area contributed by atoms with Crippen molar-refractivity contribution in [3.63, 3.8) is 0 Å². The molecule has 0 atom stereocenters. The topological polar surface area (TPSA) is 40.6 Å². The molecule has 0 radical (unpaired) electrons. The van der Waals surface area contributed by atoms with E-state index in [0.29, 0.717) is 17.4 Å². The largest absolute Gasteiger partial charge is 0.371 e. The first-order chi connectivity index (χ1) is 14.6. The molecule has 0 bridgehead atoms. The SMILES string of the molecule is O=Cc1ccc(N2CCC(C(=O)N3CCC(Cc4ccc(Br)cc4)CC3)CC2)cc1. The van der Waals surface area contributed by atoms with Gasteiger partial charge in [-0.3, -0.25) is 9.59 Å². The van der Waals surface area contributed by atoms with E-state index in [0.717, 1.165) is 74.7 Å². The lowest BCUT2D eigenvalue weighted by Crippen LogP contribution is -2.45. The molecule has 2 saturated heterocycles. The molecule has 5 heteroatoms. The fraction of sp³-hybridized carbons (Fsp3) is 0.440. The van der Waals surface area contributed by atoms with Gasteiger partial charge in [-0.05, 0) is 80.0 Å². The standard InChI is InChI=1S/C25H29BrN2O2/c26-23-5-1-19(2-6-23)17-20-9-13-28(14-10-20)25(30)22-11-15-27(16-12-22)24-7-3-21(18-29)4-8-24/h1-8,18,20,22H,9-17H2. The van der Waals surface area contributed by atoms with E-state index >= 15 is 0 Å². The number of anilines is 1. The number of benzene rings is 2. The number of hydrogen-bond acceptors (Lipinski definition) is 3. The molecule has 2 aromatic rings. The number of hydrogen-bond donors (Lipinski definition) is 0. The van der Waals surface area contributed by atoms with Gasteiger partial charge in [0, 0.05) is 47.8 Å². The van der Waals surface area contributed by atoms with E-state index in [1.54, 1.807) is 0 Å². The zero-order valence-corrected chi connectivity index (χ0v) is 18.9. The lowest BCUT2D eigenvalue weighted by atomic mass is 9.88. The molecule has 158 valence electrons. The summed E-state index contributed by atoms with van der Waals surface area (Å²) >= 11 is 3.50. The predicted molar refractivity (Wildman–Crippen MR) is 124 cm³/mol. The molecule has 2 fully saturated rings. The second-order valence-electron chi connectivity index (χ2n) is 8.57. The van der Waals surface area contributed by atoms with Crippen LogP contribution < -0.4 is 4.90 Å². The Kier molecular flexibility index (Phi) is 6.88. The smallest absolute Gasteiger partial charge is 0.225 e. The lowest BCUT2D eigenvalue weighted by Gasteiger charge is -2.38. The highest BCUT2D eigenvalue weighted by Gasteiger charge is 2.31. The van der Waals surface area contributed by atoms with Crippen LogP contribution in [0.15, 0.2) is 53.0 Å². The number of rotatable bonds is 5. The normalized spacial score (nSPS) is 18.4.